The van der Waals surface area contributed by atoms with Gasteiger partial charge in [-0.3, -0.25) is 0 Å². The highest BCUT2D eigenvalue weighted by Crippen LogP contribution is 2.30. The van der Waals surface area contributed by atoms with E-state index in [2.05, 4.69) is 0 Å². The smallest absolute Gasteiger partial charge is 0.335 e. The molecule has 0 amide bonds. The minimum atomic E-state index is -1.00. The predicted molar refractivity (Wildman–Crippen MR) is 73.9 cm³/mol. The summed E-state index contributed by atoms with van der Waals surface area (Å²) in [5.74, 6) is -0.477. The second-order valence-corrected chi connectivity index (χ2v) is 4.59. The number of aryl methyl sites for hydroxylation is 1. The van der Waals surface area contributed by atoms with Crippen LogP contribution in [0.3, 0.4) is 0 Å². The van der Waals surface area contributed by atoms with E-state index in [1.165, 1.54) is 6.07 Å². The molecule has 98 valence electrons. The van der Waals surface area contributed by atoms with Crippen LogP contribution in [0.1, 0.15) is 21.5 Å². The van der Waals surface area contributed by atoms with Gasteiger partial charge in [-0.05, 0) is 30.2 Å². The van der Waals surface area contributed by atoms with E-state index in [0.717, 1.165) is 5.56 Å². The summed E-state index contributed by atoms with van der Waals surface area (Å²) >= 11 is 6.06. The fraction of sp³-hybridized carbons (Fsp3) is 0.133. The Morgan fingerprint density at radius 1 is 1.26 bits per heavy atom. The van der Waals surface area contributed by atoms with E-state index in [4.69, 9.17) is 21.4 Å². The molecule has 0 radical (unpaired) electrons. The van der Waals surface area contributed by atoms with Crippen molar-refractivity contribution in [1.82, 2.24) is 0 Å². The van der Waals surface area contributed by atoms with Gasteiger partial charge in [0.1, 0.15) is 12.4 Å². The maximum atomic E-state index is 10.9. The van der Waals surface area contributed by atoms with Crippen LogP contribution in [0.15, 0.2) is 42.5 Å². The molecule has 0 unspecified atom stereocenters. The van der Waals surface area contributed by atoms with Gasteiger partial charge in [0.05, 0.1) is 10.6 Å². The van der Waals surface area contributed by atoms with Crippen molar-refractivity contribution in [2.24, 2.45) is 0 Å². The molecule has 0 aromatic heterocycles. The lowest BCUT2D eigenvalue weighted by Crippen LogP contribution is -2.01. The van der Waals surface area contributed by atoms with Gasteiger partial charge in [0.2, 0.25) is 0 Å². The molecule has 4 heteroatoms. The lowest BCUT2D eigenvalue weighted by molar-refractivity contribution is 0.0696. The molecule has 0 aliphatic carbocycles. The van der Waals surface area contributed by atoms with E-state index >= 15 is 0 Å². The average molecular weight is 277 g/mol. The number of benzene rings is 2. The SMILES string of the molecule is Cc1cc(C(=O)O)cc(Cl)c1OCc1ccccc1. The molecule has 0 fully saturated rings. The number of carboxylic acid groups (broad SMARTS) is 1. The maximum absolute atomic E-state index is 10.9. The standard InChI is InChI=1S/C15H13ClO3/c1-10-7-12(15(17)18)8-13(16)14(10)19-9-11-5-3-2-4-6-11/h2-8H,9H2,1H3,(H,17,18). The van der Waals surface area contributed by atoms with Gasteiger partial charge in [0.25, 0.3) is 0 Å². The summed E-state index contributed by atoms with van der Waals surface area (Å²) < 4.78 is 5.66. The summed E-state index contributed by atoms with van der Waals surface area (Å²) in [6, 6.07) is 12.7. The number of halogens is 1. The number of carboxylic acids is 1. The van der Waals surface area contributed by atoms with Crippen molar-refractivity contribution in [3.05, 3.63) is 64.2 Å². The van der Waals surface area contributed by atoms with E-state index in [1.54, 1.807) is 13.0 Å². The van der Waals surface area contributed by atoms with Crippen molar-refractivity contribution < 1.29 is 14.6 Å². The fourth-order valence-electron chi connectivity index (χ4n) is 1.77. The third-order valence-electron chi connectivity index (χ3n) is 2.70. The Kier molecular flexibility index (Phi) is 4.07. The lowest BCUT2D eigenvalue weighted by atomic mass is 10.1. The highest BCUT2D eigenvalue weighted by molar-refractivity contribution is 6.32. The Hall–Kier alpha value is -2.00. The van der Waals surface area contributed by atoms with Crippen molar-refractivity contribution in [3.8, 4) is 5.75 Å². The number of rotatable bonds is 4. The number of hydrogen-bond donors (Lipinski definition) is 1. The lowest BCUT2D eigenvalue weighted by Gasteiger charge is -2.12. The minimum Gasteiger partial charge on any atom is -0.487 e. The molecule has 2 aromatic rings. The third-order valence-corrected chi connectivity index (χ3v) is 2.98. The van der Waals surface area contributed by atoms with Crippen LogP contribution >= 0.6 is 11.6 Å². The van der Waals surface area contributed by atoms with Crippen LogP contribution in [0.5, 0.6) is 5.75 Å². The van der Waals surface area contributed by atoms with E-state index in [9.17, 15) is 4.79 Å². The molecule has 0 aliphatic heterocycles. The van der Waals surface area contributed by atoms with Crippen LogP contribution in [-0.4, -0.2) is 11.1 Å². The predicted octanol–water partition coefficient (Wildman–Crippen LogP) is 3.93. The van der Waals surface area contributed by atoms with E-state index in [-0.39, 0.29) is 5.56 Å². The molecule has 3 nitrogen and oxygen atoms in total. The molecule has 2 rings (SSSR count). The van der Waals surface area contributed by atoms with Crippen LogP contribution in [0.4, 0.5) is 0 Å². The number of ether oxygens (including phenoxy) is 1. The monoisotopic (exact) mass is 276 g/mol. The minimum absolute atomic E-state index is 0.162. The summed E-state index contributed by atoms with van der Waals surface area (Å²) in [6.45, 7) is 2.17. The highest BCUT2D eigenvalue weighted by atomic mass is 35.5. The Bertz CT molecular complexity index is 571. The molecule has 0 bridgehead atoms. The van der Waals surface area contributed by atoms with Crippen LogP contribution in [0.25, 0.3) is 0 Å². The van der Waals surface area contributed by atoms with Crippen molar-refractivity contribution in [2.45, 2.75) is 13.5 Å². The van der Waals surface area contributed by atoms with Crippen molar-refractivity contribution in [1.29, 1.82) is 0 Å². The largest absolute Gasteiger partial charge is 0.487 e. The number of aromatic carboxylic acids is 1. The molecule has 0 spiro atoms. The first-order valence-electron chi connectivity index (χ1n) is 5.78. The normalized spacial score (nSPS) is 10.2. The van der Waals surface area contributed by atoms with Crippen LogP contribution in [0.2, 0.25) is 5.02 Å². The Morgan fingerprint density at radius 2 is 1.95 bits per heavy atom. The Balaban J connectivity index is 2.19. The van der Waals surface area contributed by atoms with Crippen molar-refractivity contribution >= 4 is 17.6 Å². The van der Waals surface area contributed by atoms with Gasteiger partial charge in [0.15, 0.2) is 0 Å². The van der Waals surface area contributed by atoms with Gasteiger partial charge >= 0.3 is 5.97 Å². The zero-order valence-corrected chi connectivity index (χ0v) is 11.1. The summed E-state index contributed by atoms with van der Waals surface area (Å²) in [6.07, 6.45) is 0. The molecule has 19 heavy (non-hydrogen) atoms. The first-order valence-corrected chi connectivity index (χ1v) is 6.16. The number of carbonyl (C=O) groups is 1. The second-order valence-electron chi connectivity index (χ2n) is 4.18. The molecule has 0 aliphatic rings. The third kappa shape index (κ3) is 3.26. The van der Waals surface area contributed by atoms with Crippen LogP contribution < -0.4 is 4.74 Å². The molecular weight excluding hydrogens is 264 g/mol. The average Bonchev–Trinajstić information content (AvgIpc) is 2.38. The van der Waals surface area contributed by atoms with Crippen LogP contribution in [-0.2, 0) is 6.61 Å². The molecule has 0 saturated heterocycles. The molecule has 1 N–H and O–H groups in total. The van der Waals surface area contributed by atoms with Gasteiger partial charge in [-0.2, -0.15) is 0 Å². The zero-order chi connectivity index (χ0) is 13.8. The van der Waals surface area contributed by atoms with Crippen molar-refractivity contribution in [2.75, 3.05) is 0 Å². The van der Waals surface area contributed by atoms with Gasteiger partial charge in [-0.25, -0.2) is 4.79 Å². The molecule has 0 atom stereocenters. The first kappa shape index (κ1) is 13.4. The fourth-order valence-corrected chi connectivity index (χ4v) is 2.09. The quantitative estimate of drug-likeness (QED) is 0.920. The summed E-state index contributed by atoms with van der Waals surface area (Å²) in [4.78, 5) is 10.9. The van der Waals surface area contributed by atoms with Gasteiger partial charge in [0, 0.05) is 0 Å². The van der Waals surface area contributed by atoms with E-state index in [0.29, 0.717) is 22.9 Å². The van der Waals surface area contributed by atoms with Crippen molar-refractivity contribution in [3.63, 3.8) is 0 Å². The Labute approximate surface area is 116 Å². The number of hydrogen-bond acceptors (Lipinski definition) is 2. The maximum Gasteiger partial charge on any atom is 0.335 e. The van der Waals surface area contributed by atoms with E-state index < -0.39 is 5.97 Å². The van der Waals surface area contributed by atoms with Gasteiger partial charge < -0.3 is 9.84 Å². The summed E-state index contributed by atoms with van der Waals surface area (Å²) in [7, 11) is 0. The zero-order valence-electron chi connectivity index (χ0n) is 10.4. The van der Waals surface area contributed by atoms with Gasteiger partial charge in [-0.15, -0.1) is 0 Å². The summed E-state index contributed by atoms with van der Waals surface area (Å²) in [5, 5.41) is 9.25. The Morgan fingerprint density at radius 3 is 2.53 bits per heavy atom. The van der Waals surface area contributed by atoms with Gasteiger partial charge in [-0.1, -0.05) is 41.9 Å². The topological polar surface area (TPSA) is 46.5 Å². The molecule has 0 heterocycles. The molecular formula is C15H13ClO3. The van der Waals surface area contributed by atoms with Crippen LogP contribution in [0, 0.1) is 6.92 Å². The molecule has 2 aromatic carbocycles. The van der Waals surface area contributed by atoms with E-state index in [1.807, 2.05) is 30.3 Å². The summed E-state index contributed by atoms with van der Waals surface area (Å²) in [5.41, 5.74) is 1.90. The first-order chi connectivity index (χ1) is 9.08. The second kappa shape index (κ2) is 5.76. The molecule has 0 saturated carbocycles. The highest BCUT2D eigenvalue weighted by Gasteiger charge is 2.12.